The van der Waals surface area contributed by atoms with Crippen molar-refractivity contribution in [1.82, 2.24) is 0 Å². The zero-order valence-corrected chi connectivity index (χ0v) is 13.4. The van der Waals surface area contributed by atoms with Gasteiger partial charge < -0.3 is 8.74 Å². The molecule has 0 spiro atoms. The Balaban J connectivity index is 3.17. The summed E-state index contributed by atoms with van der Waals surface area (Å²) >= 11 is 4.71. The third-order valence-electron chi connectivity index (χ3n) is 1.03. The molecule has 0 aromatic carbocycles. The molecule has 74 valence electrons. The van der Waals surface area contributed by atoms with E-state index in [9.17, 15) is 8.76 Å². The Morgan fingerprint density at radius 3 is 2.33 bits per heavy atom. The second-order valence-electron chi connectivity index (χ2n) is 2.10. The smallest absolute Gasteiger partial charge is 0.124 e. The summed E-state index contributed by atoms with van der Waals surface area (Å²) in [4.78, 5) is 0. The molecule has 0 saturated carbocycles. The van der Waals surface area contributed by atoms with Crippen LogP contribution in [0.4, 0.5) is 0 Å². The Kier molecular flexibility index (Phi) is 8.96. The van der Waals surface area contributed by atoms with Crippen LogP contribution in [0.3, 0.4) is 0 Å². The molecule has 7 heteroatoms. The number of hydrogen-bond donors (Lipinski definition) is 0. The number of rotatable bonds is 6. The first-order valence-electron chi connectivity index (χ1n) is 3.21. The summed E-state index contributed by atoms with van der Waals surface area (Å²) in [5.74, 6) is 0. The first kappa shape index (κ1) is 14.3. The number of hydrogen-bond acceptors (Lipinski definition) is 3. The van der Waals surface area contributed by atoms with Crippen LogP contribution in [0.2, 0.25) is 0 Å². The van der Waals surface area contributed by atoms with Gasteiger partial charge in [-0.3, -0.25) is 0 Å². The SMILES string of the molecule is O=S([O-])OCCCCC(I)(I)I. The first-order chi connectivity index (χ1) is 5.42. The Labute approximate surface area is 116 Å². The second kappa shape index (κ2) is 7.54. The van der Waals surface area contributed by atoms with E-state index in [-0.39, 0.29) is -0.565 Å². The highest BCUT2D eigenvalue weighted by molar-refractivity contribution is 14.3. The predicted octanol–water partition coefficient (Wildman–Crippen LogP) is 2.93. The maximum atomic E-state index is 9.93. The normalized spacial score (nSPS) is 14.7. The van der Waals surface area contributed by atoms with E-state index in [0.717, 1.165) is 19.3 Å². The number of halogens is 3. The molecule has 3 nitrogen and oxygen atoms in total. The van der Waals surface area contributed by atoms with Gasteiger partial charge in [-0.1, -0.05) is 67.8 Å². The van der Waals surface area contributed by atoms with Gasteiger partial charge in [0.05, 0.1) is 18.0 Å². The van der Waals surface area contributed by atoms with Crippen molar-refractivity contribution in [3.05, 3.63) is 0 Å². The van der Waals surface area contributed by atoms with Crippen molar-refractivity contribution in [3.63, 3.8) is 0 Å². The van der Waals surface area contributed by atoms with Crippen molar-refractivity contribution in [2.24, 2.45) is 0 Å². The van der Waals surface area contributed by atoms with Gasteiger partial charge in [0, 0.05) is 0 Å². The van der Waals surface area contributed by atoms with Gasteiger partial charge in [0.25, 0.3) is 0 Å². The van der Waals surface area contributed by atoms with E-state index in [2.05, 4.69) is 72.0 Å². The van der Waals surface area contributed by atoms with Crippen LogP contribution in [0.1, 0.15) is 19.3 Å². The van der Waals surface area contributed by atoms with Crippen LogP contribution in [0, 0.1) is 0 Å². The van der Waals surface area contributed by atoms with Crippen LogP contribution < -0.4 is 0 Å². The summed E-state index contributed by atoms with van der Waals surface area (Å²) in [5, 5.41) is 0. The summed E-state index contributed by atoms with van der Waals surface area (Å²) in [6.45, 7) is 0.302. The van der Waals surface area contributed by atoms with Crippen molar-refractivity contribution in [2.75, 3.05) is 6.61 Å². The van der Waals surface area contributed by atoms with Gasteiger partial charge >= 0.3 is 0 Å². The molecule has 0 N–H and O–H groups in total. The van der Waals surface area contributed by atoms with Crippen molar-refractivity contribution in [2.45, 2.75) is 18.7 Å². The van der Waals surface area contributed by atoms with Crippen LogP contribution in [-0.2, 0) is 15.5 Å². The summed E-state index contributed by atoms with van der Waals surface area (Å²) in [6.07, 6.45) is 2.85. The molecule has 0 bridgehead atoms. The van der Waals surface area contributed by atoms with Gasteiger partial charge in [-0.25, -0.2) is 4.21 Å². The third-order valence-corrected chi connectivity index (χ3v) is 3.01. The monoisotopic (exact) mass is 529 g/mol. The van der Waals surface area contributed by atoms with E-state index in [1.807, 2.05) is 0 Å². The molecule has 0 fully saturated rings. The highest BCUT2D eigenvalue weighted by Gasteiger charge is 2.15. The fourth-order valence-corrected chi connectivity index (χ4v) is 1.95. The quantitative estimate of drug-likeness (QED) is 0.231. The minimum absolute atomic E-state index is 0.240. The lowest BCUT2D eigenvalue weighted by Crippen LogP contribution is -2.01. The topological polar surface area (TPSA) is 49.4 Å². The summed E-state index contributed by atoms with van der Waals surface area (Å²) in [7, 11) is 0. The molecule has 0 aliphatic carbocycles. The van der Waals surface area contributed by atoms with Gasteiger partial charge in [0.2, 0.25) is 0 Å². The fourth-order valence-electron chi connectivity index (χ4n) is 0.554. The lowest BCUT2D eigenvalue weighted by Gasteiger charge is -2.11. The maximum absolute atomic E-state index is 9.93. The molecule has 1 atom stereocenters. The van der Waals surface area contributed by atoms with Crippen molar-refractivity contribution < 1.29 is 12.9 Å². The summed E-state index contributed by atoms with van der Waals surface area (Å²) in [6, 6.07) is 0. The predicted molar refractivity (Wildman–Crippen MR) is 73.5 cm³/mol. The summed E-state index contributed by atoms with van der Waals surface area (Å²) in [5.41, 5.74) is 0. The van der Waals surface area contributed by atoms with Crippen LogP contribution in [0.25, 0.3) is 0 Å². The molecule has 0 radical (unpaired) electrons. The Hall–Kier alpha value is 2.26. The zero-order chi connectivity index (χ0) is 9.61. The number of alkyl halides is 3. The highest BCUT2D eigenvalue weighted by atomic mass is 127. The molecule has 1 unspecified atom stereocenters. The minimum Gasteiger partial charge on any atom is -0.750 e. The van der Waals surface area contributed by atoms with Gasteiger partial charge in [0.1, 0.15) is -0.565 Å². The standard InChI is InChI=1S/C5H9I3O3S/c6-5(7,8)3-1-2-4-11-12(9)10/h1-4H2,(H,9,10)/p-1. The lowest BCUT2D eigenvalue weighted by atomic mass is 10.3. The molecule has 0 amide bonds. The Morgan fingerprint density at radius 1 is 1.33 bits per heavy atom. The molecular formula is C5H8I3O3S-. The minimum atomic E-state index is -2.35. The first-order valence-corrected chi connectivity index (χ1v) is 7.45. The molecule has 0 rings (SSSR count). The summed E-state index contributed by atoms with van der Waals surface area (Å²) < 4.78 is 24.5. The molecule has 0 heterocycles. The average Bonchev–Trinajstić information content (AvgIpc) is 1.83. The van der Waals surface area contributed by atoms with Crippen molar-refractivity contribution in [3.8, 4) is 0 Å². The molecule has 0 aliphatic heterocycles. The maximum Gasteiger partial charge on any atom is 0.124 e. The van der Waals surface area contributed by atoms with E-state index in [1.54, 1.807) is 0 Å². The molecule has 0 saturated heterocycles. The van der Waals surface area contributed by atoms with E-state index in [1.165, 1.54) is 0 Å². The Bertz CT molecular complexity index is 147. The highest BCUT2D eigenvalue weighted by Crippen LogP contribution is 2.40. The van der Waals surface area contributed by atoms with Crippen molar-refractivity contribution >= 4 is 79.1 Å². The van der Waals surface area contributed by atoms with E-state index in [4.69, 9.17) is 0 Å². The third kappa shape index (κ3) is 12.3. The van der Waals surface area contributed by atoms with Crippen LogP contribution in [-0.4, -0.2) is 14.8 Å². The molecule has 0 aromatic rings. The van der Waals surface area contributed by atoms with Gasteiger partial charge in [-0.05, 0) is 19.3 Å². The average molecular weight is 529 g/mol. The van der Waals surface area contributed by atoms with E-state index in [0.29, 0.717) is 6.61 Å². The largest absolute Gasteiger partial charge is 0.750 e. The van der Waals surface area contributed by atoms with Crippen LogP contribution in [0.15, 0.2) is 0 Å². The van der Waals surface area contributed by atoms with E-state index < -0.39 is 11.4 Å². The molecule has 12 heavy (non-hydrogen) atoms. The lowest BCUT2D eigenvalue weighted by molar-refractivity contribution is 0.292. The van der Waals surface area contributed by atoms with Gasteiger partial charge in [0.15, 0.2) is 0 Å². The van der Waals surface area contributed by atoms with Crippen molar-refractivity contribution in [1.29, 1.82) is 0 Å². The van der Waals surface area contributed by atoms with Crippen LogP contribution >= 0.6 is 67.8 Å². The number of unbranched alkanes of at least 4 members (excludes halogenated alkanes) is 1. The molecule has 0 aromatic heterocycles. The Morgan fingerprint density at radius 2 is 1.92 bits per heavy atom. The van der Waals surface area contributed by atoms with E-state index >= 15 is 0 Å². The van der Waals surface area contributed by atoms with Gasteiger partial charge in [-0.2, -0.15) is 0 Å². The van der Waals surface area contributed by atoms with Crippen LogP contribution in [0.5, 0.6) is 0 Å². The zero-order valence-electron chi connectivity index (χ0n) is 6.10. The molecule has 0 aliphatic rings. The fraction of sp³-hybridized carbons (Fsp3) is 1.00. The van der Waals surface area contributed by atoms with Gasteiger partial charge in [-0.15, -0.1) is 0 Å². The second-order valence-corrected chi connectivity index (χ2v) is 14.5. The molecular weight excluding hydrogens is 521 g/mol.